The zero-order valence-corrected chi connectivity index (χ0v) is 11.4. The lowest BCUT2D eigenvalue weighted by Gasteiger charge is -2.16. The van der Waals surface area contributed by atoms with E-state index in [0.717, 1.165) is 5.56 Å². The maximum atomic E-state index is 12.8. The van der Waals surface area contributed by atoms with Crippen LogP contribution in [0.3, 0.4) is 0 Å². The number of hydrogen-bond acceptors (Lipinski definition) is 4. The minimum absolute atomic E-state index is 0.00994. The average molecular weight is 291 g/mol. The van der Waals surface area contributed by atoms with Crippen LogP contribution < -0.4 is 10.5 Å². The molecule has 0 saturated heterocycles. The summed E-state index contributed by atoms with van der Waals surface area (Å²) in [6, 6.07) is 12.8. The smallest absolute Gasteiger partial charge is 0.123 e. The molecule has 0 heterocycles. The quantitative estimate of drug-likeness (QED) is 0.758. The van der Waals surface area contributed by atoms with Gasteiger partial charge < -0.3 is 20.7 Å². The van der Waals surface area contributed by atoms with E-state index in [4.69, 9.17) is 10.5 Å². The van der Waals surface area contributed by atoms with Crippen LogP contribution in [0.1, 0.15) is 17.2 Å². The molecular weight excluding hydrogens is 273 g/mol. The third-order valence-electron chi connectivity index (χ3n) is 3.15. The molecule has 0 aliphatic carbocycles. The first-order valence-electron chi connectivity index (χ1n) is 6.63. The van der Waals surface area contributed by atoms with Crippen molar-refractivity contribution in [3.63, 3.8) is 0 Å². The van der Waals surface area contributed by atoms with E-state index in [1.165, 1.54) is 12.1 Å². The van der Waals surface area contributed by atoms with Crippen LogP contribution in [0.15, 0.2) is 48.5 Å². The molecule has 2 rings (SSSR count). The first kappa shape index (κ1) is 15.4. The number of aliphatic hydroxyl groups excluding tert-OH is 2. The molecule has 112 valence electrons. The lowest BCUT2D eigenvalue weighted by atomic mass is 10.0. The van der Waals surface area contributed by atoms with Crippen molar-refractivity contribution in [2.24, 2.45) is 5.73 Å². The Bertz CT molecular complexity index is 557. The molecule has 0 aromatic heterocycles. The van der Waals surface area contributed by atoms with Crippen LogP contribution >= 0.6 is 0 Å². The van der Waals surface area contributed by atoms with Crippen LogP contribution in [-0.2, 0) is 6.61 Å². The molecule has 2 atom stereocenters. The minimum atomic E-state index is -1.01. The Balaban J connectivity index is 1.94. The number of aliphatic hydroxyl groups is 2. The predicted molar refractivity (Wildman–Crippen MR) is 77.2 cm³/mol. The van der Waals surface area contributed by atoms with Crippen molar-refractivity contribution in [2.75, 3.05) is 6.54 Å². The lowest BCUT2D eigenvalue weighted by molar-refractivity contribution is 0.0243. The monoisotopic (exact) mass is 291 g/mol. The fourth-order valence-electron chi connectivity index (χ4n) is 1.86. The first-order valence-corrected chi connectivity index (χ1v) is 6.63. The van der Waals surface area contributed by atoms with Gasteiger partial charge in [0.2, 0.25) is 0 Å². The fourth-order valence-corrected chi connectivity index (χ4v) is 1.86. The summed E-state index contributed by atoms with van der Waals surface area (Å²) < 4.78 is 18.3. The summed E-state index contributed by atoms with van der Waals surface area (Å²) in [5.41, 5.74) is 6.73. The second-order valence-electron chi connectivity index (χ2n) is 4.73. The van der Waals surface area contributed by atoms with Gasteiger partial charge in [-0.2, -0.15) is 0 Å². The van der Waals surface area contributed by atoms with Crippen molar-refractivity contribution in [1.29, 1.82) is 0 Å². The van der Waals surface area contributed by atoms with Crippen molar-refractivity contribution < 1.29 is 19.3 Å². The number of benzene rings is 2. The van der Waals surface area contributed by atoms with Gasteiger partial charge in [0.1, 0.15) is 24.3 Å². The summed E-state index contributed by atoms with van der Waals surface area (Å²) in [6.45, 7) is 0.317. The average Bonchev–Trinajstić information content (AvgIpc) is 2.53. The van der Waals surface area contributed by atoms with Gasteiger partial charge in [-0.25, -0.2) is 4.39 Å². The zero-order valence-electron chi connectivity index (χ0n) is 11.4. The van der Waals surface area contributed by atoms with Gasteiger partial charge in [-0.3, -0.25) is 0 Å². The van der Waals surface area contributed by atoms with E-state index in [1.54, 1.807) is 36.4 Å². The molecule has 2 aromatic carbocycles. The van der Waals surface area contributed by atoms with Gasteiger partial charge in [0, 0.05) is 6.54 Å². The van der Waals surface area contributed by atoms with Crippen LogP contribution in [-0.4, -0.2) is 22.9 Å². The van der Waals surface area contributed by atoms with Crippen molar-refractivity contribution >= 4 is 0 Å². The van der Waals surface area contributed by atoms with Crippen molar-refractivity contribution in [2.45, 2.75) is 18.8 Å². The molecule has 0 bridgehead atoms. The van der Waals surface area contributed by atoms with Gasteiger partial charge in [-0.1, -0.05) is 24.3 Å². The van der Waals surface area contributed by atoms with Gasteiger partial charge in [-0.05, 0) is 35.4 Å². The van der Waals surface area contributed by atoms with E-state index >= 15 is 0 Å². The molecule has 0 aliphatic heterocycles. The molecule has 0 radical (unpaired) electrons. The normalized spacial score (nSPS) is 13.7. The number of hydrogen-bond donors (Lipinski definition) is 3. The van der Waals surface area contributed by atoms with Crippen LogP contribution in [0.5, 0.6) is 5.75 Å². The summed E-state index contributed by atoms with van der Waals surface area (Å²) in [4.78, 5) is 0. The second-order valence-corrected chi connectivity index (χ2v) is 4.73. The van der Waals surface area contributed by atoms with Crippen LogP contribution in [0, 0.1) is 5.82 Å². The molecule has 5 heteroatoms. The predicted octanol–water partition coefficient (Wildman–Crippen LogP) is 1.76. The van der Waals surface area contributed by atoms with E-state index in [2.05, 4.69) is 0 Å². The molecule has 4 N–H and O–H groups in total. The van der Waals surface area contributed by atoms with Gasteiger partial charge in [-0.15, -0.1) is 0 Å². The van der Waals surface area contributed by atoms with Crippen molar-refractivity contribution in [3.8, 4) is 5.75 Å². The summed E-state index contributed by atoms with van der Waals surface area (Å²) in [5, 5.41) is 19.3. The molecule has 2 aromatic rings. The second kappa shape index (κ2) is 7.17. The van der Waals surface area contributed by atoms with E-state index in [9.17, 15) is 14.6 Å². The Morgan fingerprint density at radius 2 is 1.62 bits per heavy atom. The summed E-state index contributed by atoms with van der Waals surface area (Å²) in [6.07, 6.45) is -2.00. The zero-order chi connectivity index (χ0) is 15.2. The SMILES string of the molecule is NCC(O)C(O)c1ccc(OCc2ccc(F)cc2)cc1. The van der Waals surface area contributed by atoms with E-state index < -0.39 is 12.2 Å². The number of ether oxygens (including phenoxy) is 1. The molecule has 0 spiro atoms. The van der Waals surface area contributed by atoms with Gasteiger partial charge in [0.15, 0.2) is 0 Å². The molecule has 0 fully saturated rings. The summed E-state index contributed by atoms with van der Waals surface area (Å²) in [7, 11) is 0. The van der Waals surface area contributed by atoms with Crippen LogP contribution in [0.2, 0.25) is 0 Å². The third-order valence-corrected chi connectivity index (χ3v) is 3.15. The Labute approximate surface area is 122 Å². The molecule has 0 aliphatic rings. The molecular formula is C16H18FNO3. The Morgan fingerprint density at radius 1 is 1.00 bits per heavy atom. The minimum Gasteiger partial charge on any atom is -0.489 e. The lowest BCUT2D eigenvalue weighted by Crippen LogP contribution is -2.27. The van der Waals surface area contributed by atoms with Crippen LogP contribution in [0.4, 0.5) is 4.39 Å². The number of halogens is 1. The summed E-state index contributed by atoms with van der Waals surface area (Å²) >= 11 is 0. The highest BCUT2D eigenvalue weighted by molar-refractivity contribution is 5.29. The maximum absolute atomic E-state index is 12.8. The highest BCUT2D eigenvalue weighted by atomic mass is 19.1. The van der Waals surface area contributed by atoms with Gasteiger partial charge >= 0.3 is 0 Å². The molecule has 4 nitrogen and oxygen atoms in total. The highest BCUT2D eigenvalue weighted by Gasteiger charge is 2.16. The molecule has 0 amide bonds. The Hall–Kier alpha value is -1.95. The Morgan fingerprint density at radius 3 is 2.19 bits per heavy atom. The summed E-state index contributed by atoms with van der Waals surface area (Å²) in [5.74, 6) is 0.341. The highest BCUT2D eigenvalue weighted by Crippen LogP contribution is 2.20. The van der Waals surface area contributed by atoms with E-state index in [1.807, 2.05) is 0 Å². The molecule has 21 heavy (non-hydrogen) atoms. The van der Waals surface area contributed by atoms with Crippen LogP contribution in [0.25, 0.3) is 0 Å². The Kier molecular flexibility index (Phi) is 5.27. The first-order chi connectivity index (χ1) is 10.1. The largest absolute Gasteiger partial charge is 0.489 e. The maximum Gasteiger partial charge on any atom is 0.123 e. The fraction of sp³-hybridized carbons (Fsp3) is 0.250. The number of nitrogens with two attached hydrogens (primary N) is 1. The molecule has 0 saturated carbocycles. The van der Waals surface area contributed by atoms with Crippen molar-refractivity contribution in [1.82, 2.24) is 0 Å². The van der Waals surface area contributed by atoms with Gasteiger partial charge in [0.05, 0.1) is 6.10 Å². The standard InChI is InChI=1S/C16H18FNO3/c17-13-5-1-11(2-6-13)10-21-14-7-3-12(4-8-14)16(20)15(19)9-18/h1-8,15-16,19-20H,9-10,18H2. The molecule has 2 unspecified atom stereocenters. The third kappa shape index (κ3) is 4.26. The van der Waals surface area contributed by atoms with E-state index in [-0.39, 0.29) is 12.4 Å². The van der Waals surface area contributed by atoms with Gasteiger partial charge in [0.25, 0.3) is 0 Å². The van der Waals surface area contributed by atoms with E-state index in [0.29, 0.717) is 17.9 Å². The number of rotatable bonds is 6. The van der Waals surface area contributed by atoms with Crippen molar-refractivity contribution in [3.05, 3.63) is 65.5 Å². The topological polar surface area (TPSA) is 75.7 Å².